The first kappa shape index (κ1) is 16.7. The Morgan fingerprint density at radius 3 is 2.68 bits per heavy atom. The Balaban J connectivity index is 2.49. The Labute approximate surface area is 141 Å². The lowest BCUT2D eigenvalue weighted by Crippen LogP contribution is -2.28. The third-order valence-corrected chi connectivity index (χ3v) is 3.80. The van der Waals surface area contributed by atoms with Crippen LogP contribution in [0.25, 0.3) is 16.6 Å². The molecule has 0 spiro atoms. The maximum absolute atomic E-state index is 13.8. The van der Waals surface area contributed by atoms with Gasteiger partial charge in [-0.25, -0.2) is 13.8 Å². The monoisotopic (exact) mass is 341 g/mol. The van der Waals surface area contributed by atoms with E-state index in [0.717, 1.165) is 29.0 Å². The minimum atomic E-state index is -0.737. The fourth-order valence-electron chi connectivity index (χ4n) is 2.56. The lowest BCUT2D eigenvalue weighted by Gasteiger charge is -2.17. The molecular weight excluding hydrogens is 328 g/mol. The van der Waals surface area contributed by atoms with Crippen molar-refractivity contribution in [2.75, 3.05) is 0 Å². The fraction of sp³-hybridized carbons (Fsp3) is 0.176. The number of hydrogen-bond acceptors (Lipinski definition) is 5. The van der Waals surface area contributed by atoms with Crippen LogP contribution in [0, 0.1) is 23.0 Å². The minimum Gasteiger partial charge on any atom is -0.321 e. The van der Waals surface area contributed by atoms with Gasteiger partial charge in [0.25, 0.3) is 5.56 Å². The van der Waals surface area contributed by atoms with Crippen LogP contribution in [0.4, 0.5) is 8.78 Å². The number of benzene rings is 1. The molecule has 3 rings (SSSR count). The molecule has 0 aliphatic heterocycles. The van der Waals surface area contributed by atoms with Crippen molar-refractivity contribution in [2.24, 2.45) is 5.73 Å². The molecule has 3 aromatic rings. The van der Waals surface area contributed by atoms with Gasteiger partial charge in [-0.1, -0.05) is 6.92 Å². The zero-order chi connectivity index (χ0) is 18.1. The molecule has 2 heterocycles. The summed E-state index contributed by atoms with van der Waals surface area (Å²) in [4.78, 5) is 21.0. The number of rotatable bonds is 3. The summed E-state index contributed by atoms with van der Waals surface area (Å²) in [5, 5.41) is 9.11. The molecule has 6 nitrogen and oxygen atoms in total. The smallest absolute Gasteiger partial charge is 0.266 e. The Kier molecular flexibility index (Phi) is 4.25. The van der Waals surface area contributed by atoms with Crippen molar-refractivity contribution >= 4 is 10.9 Å². The number of nitrogens with two attached hydrogens (primary N) is 1. The van der Waals surface area contributed by atoms with Crippen molar-refractivity contribution in [3.05, 3.63) is 64.0 Å². The molecule has 1 atom stereocenters. The molecule has 0 aliphatic rings. The van der Waals surface area contributed by atoms with E-state index in [1.165, 1.54) is 6.20 Å². The van der Waals surface area contributed by atoms with E-state index in [9.17, 15) is 18.8 Å². The summed E-state index contributed by atoms with van der Waals surface area (Å²) in [5.74, 6) is -1.23. The van der Waals surface area contributed by atoms with E-state index < -0.39 is 23.2 Å². The second-order valence-electron chi connectivity index (χ2n) is 5.45. The van der Waals surface area contributed by atoms with Gasteiger partial charge >= 0.3 is 0 Å². The van der Waals surface area contributed by atoms with Crippen LogP contribution < -0.4 is 11.3 Å². The highest BCUT2D eigenvalue weighted by molar-refractivity contribution is 5.83. The van der Waals surface area contributed by atoms with Crippen LogP contribution in [0.1, 0.15) is 30.8 Å². The summed E-state index contributed by atoms with van der Waals surface area (Å²) in [6, 6.07) is 4.29. The number of halogens is 2. The van der Waals surface area contributed by atoms with Crippen molar-refractivity contribution in [1.29, 1.82) is 5.26 Å². The average Bonchev–Trinajstić information content (AvgIpc) is 2.60. The first-order valence-electron chi connectivity index (χ1n) is 7.49. The highest BCUT2D eigenvalue weighted by Gasteiger charge is 2.20. The lowest BCUT2D eigenvalue weighted by atomic mass is 10.1. The molecule has 0 saturated heterocycles. The van der Waals surface area contributed by atoms with Crippen molar-refractivity contribution in [3.63, 3.8) is 0 Å². The summed E-state index contributed by atoms with van der Waals surface area (Å²) in [6.45, 7) is 1.80. The van der Waals surface area contributed by atoms with Crippen molar-refractivity contribution in [2.45, 2.75) is 19.4 Å². The van der Waals surface area contributed by atoms with Crippen molar-refractivity contribution < 1.29 is 8.78 Å². The third kappa shape index (κ3) is 2.86. The SMILES string of the molecule is CC[C@H](N)c1nc2c(C#N)cc(F)cc2c(=O)n1-c1cncc(F)c1. The second kappa shape index (κ2) is 6.37. The van der Waals surface area contributed by atoms with Crippen LogP contribution in [0.5, 0.6) is 0 Å². The van der Waals surface area contributed by atoms with Gasteiger partial charge in [0.1, 0.15) is 23.5 Å². The van der Waals surface area contributed by atoms with E-state index in [0.29, 0.717) is 6.42 Å². The van der Waals surface area contributed by atoms with E-state index in [2.05, 4.69) is 9.97 Å². The average molecular weight is 341 g/mol. The van der Waals surface area contributed by atoms with E-state index in [4.69, 9.17) is 5.73 Å². The molecule has 0 bridgehead atoms. The zero-order valence-corrected chi connectivity index (χ0v) is 13.2. The standard InChI is InChI=1S/C17H13F2N5O/c1-2-14(21)16-23-15-9(6-20)3-10(18)5-13(15)17(25)24(16)12-4-11(19)7-22-8-12/h3-5,7-8,14H,2,21H2,1H3/t14-/m0/s1. The summed E-state index contributed by atoms with van der Waals surface area (Å²) < 4.78 is 28.4. The van der Waals surface area contributed by atoms with Crippen molar-refractivity contribution in [1.82, 2.24) is 14.5 Å². The molecule has 1 aromatic carbocycles. The molecule has 0 saturated carbocycles. The van der Waals surface area contributed by atoms with Crippen LogP contribution in [-0.4, -0.2) is 14.5 Å². The molecule has 126 valence electrons. The van der Waals surface area contributed by atoms with E-state index in [1.54, 1.807) is 6.92 Å². The van der Waals surface area contributed by atoms with Crippen LogP contribution in [-0.2, 0) is 0 Å². The van der Waals surface area contributed by atoms with Crippen LogP contribution >= 0.6 is 0 Å². The number of hydrogen-bond donors (Lipinski definition) is 1. The summed E-state index contributed by atoms with van der Waals surface area (Å²) in [6.07, 6.45) is 2.73. The summed E-state index contributed by atoms with van der Waals surface area (Å²) in [5.41, 5.74) is 5.53. The molecule has 2 aromatic heterocycles. The normalized spacial score (nSPS) is 12.1. The predicted molar refractivity (Wildman–Crippen MR) is 87.0 cm³/mol. The van der Waals surface area contributed by atoms with Gasteiger partial charge in [0, 0.05) is 6.07 Å². The van der Waals surface area contributed by atoms with Gasteiger partial charge in [-0.3, -0.25) is 14.3 Å². The maximum Gasteiger partial charge on any atom is 0.266 e. The van der Waals surface area contributed by atoms with Gasteiger partial charge < -0.3 is 5.73 Å². The highest BCUT2D eigenvalue weighted by Crippen LogP contribution is 2.21. The Hall–Kier alpha value is -3.18. The molecule has 2 N–H and O–H groups in total. The molecule has 8 heteroatoms. The molecule has 0 aliphatic carbocycles. The quantitative estimate of drug-likeness (QED) is 0.788. The number of nitriles is 1. The fourth-order valence-corrected chi connectivity index (χ4v) is 2.56. The zero-order valence-electron chi connectivity index (χ0n) is 13.2. The van der Waals surface area contributed by atoms with Crippen LogP contribution in [0.3, 0.4) is 0 Å². The molecule has 0 unspecified atom stereocenters. The molecular formula is C17H13F2N5O. The minimum absolute atomic E-state index is 0.0633. The summed E-state index contributed by atoms with van der Waals surface area (Å²) >= 11 is 0. The Morgan fingerprint density at radius 2 is 2.04 bits per heavy atom. The third-order valence-electron chi connectivity index (χ3n) is 3.80. The Morgan fingerprint density at radius 1 is 1.28 bits per heavy atom. The van der Waals surface area contributed by atoms with E-state index >= 15 is 0 Å². The number of pyridine rings is 1. The van der Waals surface area contributed by atoms with Gasteiger partial charge in [-0.15, -0.1) is 0 Å². The first-order chi connectivity index (χ1) is 12.0. The highest BCUT2D eigenvalue weighted by atomic mass is 19.1. The Bertz CT molecular complexity index is 1070. The van der Waals surface area contributed by atoms with Crippen molar-refractivity contribution in [3.8, 4) is 11.8 Å². The van der Waals surface area contributed by atoms with E-state index in [-0.39, 0.29) is 28.0 Å². The van der Waals surface area contributed by atoms with Gasteiger partial charge in [-0.05, 0) is 18.6 Å². The molecule has 0 fully saturated rings. The maximum atomic E-state index is 13.8. The van der Waals surface area contributed by atoms with Crippen LogP contribution in [0.2, 0.25) is 0 Å². The largest absolute Gasteiger partial charge is 0.321 e. The second-order valence-corrected chi connectivity index (χ2v) is 5.45. The van der Waals surface area contributed by atoms with Crippen LogP contribution in [0.15, 0.2) is 35.4 Å². The topological polar surface area (TPSA) is 97.6 Å². The molecule has 25 heavy (non-hydrogen) atoms. The van der Waals surface area contributed by atoms with Gasteiger partial charge in [0.05, 0.1) is 40.6 Å². The summed E-state index contributed by atoms with van der Waals surface area (Å²) in [7, 11) is 0. The van der Waals surface area contributed by atoms with Gasteiger partial charge in [0.2, 0.25) is 0 Å². The molecule has 0 amide bonds. The lowest BCUT2D eigenvalue weighted by molar-refractivity contribution is 0.606. The van der Waals surface area contributed by atoms with E-state index in [1.807, 2.05) is 6.07 Å². The number of fused-ring (bicyclic) bond motifs is 1. The number of nitrogens with zero attached hydrogens (tertiary/aromatic N) is 4. The first-order valence-corrected chi connectivity index (χ1v) is 7.49. The van der Waals surface area contributed by atoms with Gasteiger partial charge in [0.15, 0.2) is 0 Å². The predicted octanol–water partition coefficient (Wildman–Crippen LogP) is 2.34. The number of aromatic nitrogens is 3. The van der Waals surface area contributed by atoms with Gasteiger partial charge in [-0.2, -0.15) is 5.26 Å². The molecule has 0 radical (unpaired) electrons.